The van der Waals surface area contributed by atoms with Gasteiger partial charge in [-0.15, -0.1) is 0 Å². The standard InChI is InChI=1S/C21H16O2/c1-23-21-19-5-3-2-4-16(19)11-18-12-17-10-14(8-9-22)6-7-15(17)13-20(18)21/h2-7,9-13H,8H2,1H3. The third kappa shape index (κ3) is 2.23. The molecule has 0 unspecified atom stereocenters. The number of carbonyl (C=O) groups is 1. The van der Waals surface area contributed by atoms with E-state index in [2.05, 4.69) is 42.5 Å². The first kappa shape index (κ1) is 13.8. The Kier molecular flexibility index (Phi) is 3.23. The van der Waals surface area contributed by atoms with Gasteiger partial charge in [0.1, 0.15) is 12.0 Å². The van der Waals surface area contributed by atoms with Crippen molar-refractivity contribution in [3.05, 3.63) is 66.2 Å². The van der Waals surface area contributed by atoms with Crippen molar-refractivity contribution in [1.82, 2.24) is 0 Å². The van der Waals surface area contributed by atoms with Crippen molar-refractivity contribution in [2.24, 2.45) is 0 Å². The molecule has 0 saturated carbocycles. The molecule has 112 valence electrons. The van der Waals surface area contributed by atoms with Crippen molar-refractivity contribution in [3.8, 4) is 5.75 Å². The lowest BCUT2D eigenvalue weighted by Crippen LogP contribution is -1.89. The van der Waals surface area contributed by atoms with Crippen LogP contribution in [0.1, 0.15) is 5.56 Å². The highest BCUT2D eigenvalue weighted by atomic mass is 16.5. The SMILES string of the molecule is COc1c2ccccc2cc2cc3cc(CC=O)ccc3cc12. The van der Waals surface area contributed by atoms with Gasteiger partial charge in [-0.2, -0.15) is 0 Å². The first-order chi connectivity index (χ1) is 11.3. The number of hydrogen-bond acceptors (Lipinski definition) is 2. The summed E-state index contributed by atoms with van der Waals surface area (Å²) in [5.41, 5.74) is 1.04. The molecule has 0 saturated heterocycles. The van der Waals surface area contributed by atoms with E-state index in [0.29, 0.717) is 6.42 Å². The molecule has 4 rings (SSSR count). The summed E-state index contributed by atoms with van der Waals surface area (Å²) < 4.78 is 5.71. The Morgan fingerprint density at radius 3 is 2.48 bits per heavy atom. The summed E-state index contributed by atoms with van der Waals surface area (Å²) in [5, 5.41) is 6.85. The van der Waals surface area contributed by atoms with E-state index < -0.39 is 0 Å². The Balaban J connectivity index is 2.09. The summed E-state index contributed by atoms with van der Waals surface area (Å²) in [5.74, 6) is 0.914. The van der Waals surface area contributed by atoms with Crippen LogP contribution in [0, 0.1) is 0 Å². The van der Waals surface area contributed by atoms with E-state index in [9.17, 15) is 4.79 Å². The van der Waals surface area contributed by atoms with Gasteiger partial charge in [0.15, 0.2) is 0 Å². The zero-order chi connectivity index (χ0) is 15.8. The van der Waals surface area contributed by atoms with E-state index in [0.717, 1.165) is 44.5 Å². The van der Waals surface area contributed by atoms with Crippen LogP contribution >= 0.6 is 0 Å². The summed E-state index contributed by atoms with van der Waals surface area (Å²) in [4.78, 5) is 10.7. The zero-order valence-corrected chi connectivity index (χ0v) is 12.9. The minimum absolute atomic E-state index is 0.453. The van der Waals surface area contributed by atoms with E-state index in [1.165, 1.54) is 5.39 Å². The Hall–Kier alpha value is -2.87. The summed E-state index contributed by atoms with van der Waals surface area (Å²) in [6.07, 6.45) is 1.40. The maximum absolute atomic E-state index is 10.7. The van der Waals surface area contributed by atoms with Crippen molar-refractivity contribution in [3.63, 3.8) is 0 Å². The molecule has 0 spiro atoms. The number of rotatable bonds is 3. The predicted octanol–water partition coefficient (Wildman–Crippen LogP) is 4.90. The Labute approximate surface area is 134 Å². The number of fused-ring (bicyclic) bond motifs is 3. The van der Waals surface area contributed by atoms with Crippen molar-refractivity contribution in [1.29, 1.82) is 0 Å². The van der Waals surface area contributed by atoms with Gasteiger partial charge in [-0.3, -0.25) is 0 Å². The molecule has 4 aromatic carbocycles. The van der Waals surface area contributed by atoms with Gasteiger partial charge in [-0.1, -0.05) is 42.5 Å². The molecule has 23 heavy (non-hydrogen) atoms. The van der Waals surface area contributed by atoms with E-state index in [1.54, 1.807) is 7.11 Å². The van der Waals surface area contributed by atoms with Crippen LogP contribution in [0.4, 0.5) is 0 Å². The topological polar surface area (TPSA) is 26.3 Å². The van der Waals surface area contributed by atoms with Crippen molar-refractivity contribution >= 4 is 38.6 Å². The van der Waals surface area contributed by atoms with Crippen LogP contribution < -0.4 is 4.74 Å². The lowest BCUT2D eigenvalue weighted by Gasteiger charge is -2.12. The molecular weight excluding hydrogens is 284 g/mol. The molecule has 0 amide bonds. The summed E-state index contributed by atoms with van der Waals surface area (Å²) >= 11 is 0. The van der Waals surface area contributed by atoms with Gasteiger partial charge in [-0.25, -0.2) is 0 Å². The second-order valence-electron chi connectivity index (χ2n) is 5.76. The number of methoxy groups -OCH3 is 1. The van der Waals surface area contributed by atoms with Crippen LogP contribution in [0.3, 0.4) is 0 Å². The largest absolute Gasteiger partial charge is 0.495 e. The molecule has 0 fully saturated rings. The average molecular weight is 300 g/mol. The molecule has 0 bridgehead atoms. The maximum atomic E-state index is 10.7. The third-order valence-electron chi connectivity index (χ3n) is 4.36. The van der Waals surface area contributed by atoms with E-state index in [4.69, 9.17) is 4.74 Å². The van der Waals surface area contributed by atoms with Gasteiger partial charge >= 0.3 is 0 Å². The van der Waals surface area contributed by atoms with Crippen LogP contribution in [0.5, 0.6) is 5.75 Å². The Bertz CT molecular complexity index is 1050. The molecule has 0 aliphatic rings. The van der Waals surface area contributed by atoms with Crippen molar-refractivity contribution in [2.75, 3.05) is 7.11 Å². The maximum Gasteiger partial charge on any atom is 0.134 e. The first-order valence-electron chi connectivity index (χ1n) is 7.66. The summed E-state index contributed by atoms with van der Waals surface area (Å²) in [6.45, 7) is 0. The highest BCUT2D eigenvalue weighted by Crippen LogP contribution is 2.36. The monoisotopic (exact) mass is 300 g/mol. The predicted molar refractivity (Wildman–Crippen MR) is 95.3 cm³/mol. The van der Waals surface area contributed by atoms with Crippen LogP contribution in [0.2, 0.25) is 0 Å². The van der Waals surface area contributed by atoms with Gasteiger partial charge < -0.3 is 9.53 Å². The van der Waals surface area contributed by atoms with Crippen LogP contribution in [-0.2, 0) is 11.2 Å². The van der Waals surface area contributed by atoms with Crippen LogP contribution in [0.25, 0.3) is 32.3 Å². The molecule has 0 heterocycles. The molecule has 2 heteroatoms. The molecule has 4 aromatic rings. The number of hydrogen-bond donors (Lipinski definition) is 0. The van der Waals surface area contributed by atoms with Crippen molar-refractivity contribution < 1.29 is 9.53 Å². The van der Waals surface area contributed by atoms with Gasteiger partial charge in [0.25, 0.3) is 0 Å². The summed E-state index contributed by atoms with van der Waals surface area (Å²) in [6, 6.07) is 21.0. The molecule has 0 aliphatic heterocycles. The molecule has 0 aromatic heterocycles. The average Bonchev–Trinajstić information content (AvgIpc) is 2.58. The number of benzene rings is 4. The first-order valence-corrected chi connectivity index (χ1v) is 7.66. The normalized spacial score (nSPS) is 11.2. The van der Waals surface area contributed by atoms with Gasteiger partial charge in [0.05, 0.1) is 7.11 Å². The third-order valence-corrected chi connectivity index (χ3v) is 4.36. The number of carbonyl (C=O) groups excluding carboxylic acids is 1. The Morgan fingerprint density at radius 2 is 1.65 bits per heavy atom. The highest BCUT2D eigenvalue weighted by Gasteiger charge is 2.09. The fourth-order valence-corrected chi connectivity index (χ4v) is 3.27. The Morgan fingerprint density at radius 1 is 0.826 bits per heavy atom. The number of aldehydes is 1. The smallest absolute Gasteiger partial charge is 0.134 e. The second kappa shape index (κ2) is 5.40. The fourth-order valence-electron chi connectivity index (χ4n) is 3.27. The van der Waals surface area contributed by atoms with Crippen LogP contribution in [-0.4, -0.2) is 13.4 Å². The molecule has 0 aliphatic carbocycles. The molecule has 2 nitrogen and oxygen atoms in total. The van der Waals surface area contributed by atoms with E-state index in [-0.39, 0.29) is 0 Å². The zero-order valence-electron chi connectivity index (χ0n) is 12.9. The van der Waals surface area contributed by atoms with Gasteiger partial charge in [0, 0.05) is 17.2 Å². The van der Waals surface area contributed by atoms with E-state index >= 15 is 0 Å². The van der Waals surface area contributed by atoms with E-state index in [1.807, 2.05) is 18.2 Å². The molecule has 0 N–H and O–H groups in total. The lowest BCUT2D eigenvalue weighted by molar-refractivity contribution is -0.107. The number of ether oxygens (including phenoxy) is 1. The fraction of sp³-hybridized carbons (Fsp3) is 0.0952. The minimum Gasteiger partial charge on any atom is -0.495 e. The lowest BCUT2D eigenvalue weighted by atomic mass is 9.97. The second-order valence-corrected chi connectivity index (χ2v) is 5.76. The van der Waals surface area contributed by atoms with Crippen molar-refractivity contribution in [2.45, 2.75) is 6.42 Å². The quantitative estimate of drug-likeness (QED) is 0.397. The van der Waals surface area contributed by atoms with Gasteiger partial charge in [0.2, 0.25) is 0 Å². The molecular formula is C21H16O2. The van der Waals surface area contributed by atoms with Gasteiger partial charge in [-0.05, 0) is 45.3 Å². The minimum atomic E-state index is 0.453. The molecule has 0 atom stereocenters. The highest BCUT2D eigenvalue weighted by molar-refractivity contribution is 6.10. The molecule has 0 radical (unpaired) electrons. The van der Waals surface area contributed by atoms with Crippen LogP contribution in [0.15, 0.2) is 60.7 Å². The summed E-state index contributed by atoms with van der Waals surface area (Å²) in [7, 11) is 1.72.